The zero-order valence-electron chi connectivity index (χ0n) is 11.0. The fraction of sp³-hybridized carbons (Fsp3) is 0.643. The fourth-order valence-corrected chi connectivity index (χ4v) is 2.93. The lowest BCUT2D eigenvalue weighted by molar-refractivity contribution is 0.0443. The van der Waals surface area contributed by atoms with Crippen molar-refractivity contribution in [2.45, 2.75) is 44.3 Å². The molecule has 3 unspecified atom stereocenters. The van der Waals surface area contributed by atoms with Crippen molar-refractivity contribution in [3.05, 3.63) is 30.1 Å². The number of aromatic nitrogens is 1. The molecule has 3 atom stereocenters. The maximum atomic E-state index is 9.54. The van der Waals surface area contributed by atoms with E-state index in [2.05, 4.69) is 16.0 Å². The SMILES string of the molecule is CC(N)C(c1cccnc1)N1CCCCC1CO. The maximum absolute atomic E-state index is 9.54. The minimum Gasteiger partial charge on any atom is -0.395 e. The molecule has 0 spiro atoms. The first kappa shape index (κ1) is 13.5. The van der Waals surface area contributed by atoms with Crippen LogP contribution in [0, 0.1) is 0 Å². The monoisotopic (exact) mass is 249 g/mol. The third-order valence-electron chi connectivity index (χ3n) is 3.76. The first-order chi connectivity index (χ1) is 8.74. The molecule has 4 heteroatoms. The summed E-state index contributed by atoms with van der Waals surface area (Å²) >= 11 is 0. The van der Waals surface area contributed by atoms with Gasteiger partial charge < -0.3 is 10.8 Å². The third kappa shape index (κ3) is 2.88. The van der Waals surface area contributed by atoms with Gasteiger partial charge >= 0.3 is 0 Å². The van der Waals surface area contributed by atoms with Crippen LogP contribution in [0.5, 0.6) is 0 Å². The van der Waals surface area contributed by atoms with Crippen molar-refractivity contribution in [3.8, 4) is 0 Å². The molecule has 1 aliphatic heterocycles. The predicted molar refractivity (Wildman–Crippen MR) is 72.1 cm³/mol. The smallest absolute Gasteiger partial charge is 0.0587 e. The highest BCUT2D eigenvalue weighted by molar-refractivity contribution is 5.16. The topological polar surface area (TPSA) is 62.4 Å². The Morgan fingerprint density at radius 3 is 3.00 bits per heavy atom. The van der Waals surface area contributed by atoms with E-state index in [0.717, 1.165) is 18.5 Å². The second kappa shape index (κ2) is 6.27. The van der Waals surface area contributed by atoms with Gasteiger partial charge in [0.05, 0.1) is 12.6 Å². The van der Waals surface area contributed by atoms with Crippen LogP contribution >= 0.6 is 0 Å². The van der Waals surface area contributed by atoms with Gasteiger partial charge in [-0.1, -0.05) is 12.5 Å². The number of aliphatic hydroxyl groups excluding tert-OH is 1. The van der Waals surface area contributed by atoms with Gasteiger partial charge in [0, 0.05) is 24.5 Å². The zero-order valence-corrected chi connectivity index (χ0v) is 11.0. The molecule has 4 nitrogen and oxygen atoms in total. The quantitative estimate of drug-likeness (QED) is 0.844. The molecular formula is C14H23N3O. The molecule has 3 N–H and O–H groups in total. The van der Waals surface area contributed by atoms with Gasteiger partial charge in [-0.3, -0.25) is 9.88 Å². The van der Waals surface area contributed by atoms with E-state index in [1.807, 2.05) is 19.2 Å². The van der Waals surface area contributed by atoms with Crippen LogP contribution in [0.3, 0.4) is 0 Å². The molecule has 18 heavy (non-hydrogen) atoms. The summed E-state index contributed by atoms with van der Waals surface area (Å²) < 4.78 is 0. The van der Waals surface area contributed by atoms with E-state index in [0.29, 0.717) is 0 Å². The Hall–Kier alpha value is -0.970. The highest BCUT2D eigenvalue weighted by Crippen LogP contribution is 2.29. The van der Waals surface area contributed by atoms with Gasteiger partial charge in [0.15, 0.2) is 0 Å². The molecule has 0 amide bonds. The van der Waals surface area contributed by atoms with E-state index < -0.39 is 0 Å². The Bertz CT molecular complexity index is 355. The van der Waals surface area contributed by atoms with Gasteiger partial charge in [0.2, 0.25) is 0 Å². The van der Waals surface area contributed by atoms with E-state index in [1.165, 1.54) is 12.8 Å². The van der Waals surface area contributed by atoms with Crippen LogP contribution in [0.2, 0.25) is 0 Å². The maximum Gasteiger partial charge on any atom is 0.0587 e. The fourth-order valence-electron chi connectivity index (χ4n) is 2.93. The van der Waals surface area contributed by atoms with Gasteiger partial charge in [-0.2, -0.15) is 0 Å². The Morgan fingerprint density at radius 2 is 2.39 bits per heavy atom. The van der Waals surface area contributed by atoms with Crippen LogP contribution in [0.1, 0.15) is 37.8 Å². The first-order valence-electron chi connectivity index (χ1n) is 6.76. The molecule has 2 rings (SSSR count). The largest absolute Gasteiger partial charge is 0.395 e. The van der Waals surface area contributed by atoms with Gasteiger partial charge in [0.25, 0.3) is 0 Å². The van der Waals surface area contributed by atoms with Crippen molar-refractivity contribution in [2.24, 2.45) is 5.73 Å². The van der Waals surface area contributed by atoms with Gasteiger partial charge in [-0.05, 0) is 37.9 Å². The lowest BCUT2D eigenvalue weighted by Gasteiger charge is -2.42. The summed E-state index contributed by atoms with van der Waals surface area (Å²) in [6.07, 6.45) is 7.10. The van der Waals surface area contributed by atoms with Crippen molar-refractivity contribution in [2.75, 3.05) is 13.2 Å². The normalized spacial score (nSPS) is 24.7. The Balaban J connectivity index is 2.24. The molecule has 0 radical (unpaired) electrons. The molecular weight excluding hydrogens is 226 g/mol. The summed E-state index contributed by atoms with van der Waals surface area (Å²) in [6.45, 7) is 3.25. The lowest BCUT2D eigenvalue weighted by Crippen LogP contribution is -2.49. The van der Waals surface area contributed by atoms with Crippen LogP contribution in [0.15, 0.2) is 24.5 Å². The lowest BCUT2D eigenvalue weighted by atomic mass is 9.94. The number of nitrogens with zero attached hydrogens (tertiary/aromatic N) is 2. The van der Waals surface area contributed by atoms with Gasteiger partial charge in [-0.15, -0.1) is 0 Å². The summed E-state index contributed by atoms with van der Waals surface area (Å²) in [5.74, 6) is 0. The number of hydrogen-bond donors (Lipinski definition) is 2. The second-order valence-corrected chi connectivity index (χ2v) is 5.16. The zero-order chi connectivity index (χ0) is 13.0. The predicted octanol–water partition coefficient (Wildman–Crippen LogP) is 1.32. The van der Waals surface area contributed by atoms with E-state index in [4.69, 9.17) is 5.73 Å². The van der Waals surface area contributed by atoms with Crippen molar-refractivity contribution < 1.29 is 5.11 Å². The summed E-state index contributed by atoms with van der Waals surface area (Å²) in [5, 5.41) is 9.54. The summed E-state index contributed by atoms with van der Waals surface area (Å²) in [7, 11) is 0. The molecule has 1 fully saturated rings. The summed E-state index contributed by atoms with van der Waals surface area (Å²) in [6, 6.07) is 4.43. The molecule has 0 bridgehead atoms. The molecule has 1 aromatic heterocycles. The molecule has 1 saturated heterocycles. The Labute approximate surface area is 109 Å². The molecule has 0 aliphatic carbocycles. The van der Waals surface area contributed by atoms with Crippen molar-refractivity contribution in [1.82, 2.24) is 9.88 Å². The van der Waals surface area contributed by atoms with Crippen molar-refractivity contribution >= 4 is 0 Å². The average molecular weight is 249 g/mol. The molecule has 100 valence electrons. The number of likely N-dealkylation sites (tertiary alicyclic amines) is 1. The number of pyridine rings is 1. The van der Waals surface area contributed by atoms with Crippen LogP contribution < -0.4 is 5.73 Å². The highest BCUT2D eigenvalue weighted by atomic mass is 16.3. The highest BCUT2D eigenvalue weighted by Gasteiger charge is 2.31. The molecule has 2 heterocycles. The molecule has 1 aliphatic rings. The van der Waals surface area contributed by atoms with E-state index in [-0.39, 0.29) is 24.7 Å². The van der Waals surface area contributed by atoms with Gasteiger partial charge in [-0.25, -0.2) is 0 Å². The molecule has 0 aromatic carbocycles. The number of nitrogens with two attached hydrogens (primary N) is 1. The second-order valence-electron chi connectivity index (χ2n) is 5.16. The standard InChI is InChI=1S/C14H23N3O/c1-11(15)14(12-5-4-7-16-9-12)17-8-3-2-6-13(17)10-18/h4-5,7,9,11,13-14,18H,2-3,6,8,10,15H2,1H3. The van der Waals surface area contributed by atoms with Crippen LogP contribution in [-0.4, -0.2) is 40.2 Å². The Morgan fingerprint density at radius 1 is 1.56 bits per heavy atom. The minimum atomic E-state index is 0.0290. The number of piperidine rings is 1. The molecule has 0 saturated carbocycles. The summed E-state index contributed by atoms with van der Waals surface area (Å²) in [4.78, 5) is 6.54. The van der Waals surface area contributed by atoms with E-state index in [1.54, 1.807) is 6.20 Å². The van der Waals surface area contributed by atoms with Crippen LogP contribution in [0.4, 0.5) is 0 Å². The number of rotatable bonds is 4. The summed E-state index contributed by atoms with van der Waals surface area (Å²) in [5.41, 5.74) is 7.31. The van der Waals surface area contributed by atoms with E-state index >= 15 is 0 Å². The first-order valence-corrected chi connectivity index (χ1v) is 6.76. The number of aliphatic hydroxyl groups is 1. The third-order valence-corrected chi connectivity index (χ3v) is 3.76. The number of hydrogen-bond acceptors (Lipinski definition) is 4. The van der Waals surface area contributed by atoms with Crippen LogP contribution in [0.25, 0.3) is 0 Å². The molecule has 1 aromatic rings. The Kier molecular flexibility index (Phi) is 4.69. The van der Waals surface area contributed by atoms with Crippen LogP contribution in [-0.2, 0) is 0 Å². The van der Waals surface area contributed by atoms with E-state index in [9.17, 15) is 5.11 Å². The van der Waals surface area contributed by atoms with Crippen molar-refractivity contribution in [1.29, 1.82) is 0 Å². The average Bonchev–Trinajstić information content (AvgIpc) is 2.40. The van der Waals surface area contributed by atoms with Gasteiger partial charge in [0.1, 0.15) is 0 Å². The van der Waals surface area contributed by atoms with Crippen molar-refractivity contribution in [3.63, 3.8) is 0 Å². The minimum absolute atomic E-state index is 0.0290.